The van der Waals surface area contributed by atoms with Crippen LogP contribution in [0.25, 0.3) is 0 Å². The highest BCUT2D eigenvalue weighted by molar-refractivity contribution is 6.00. The van der Waals surface area contributed by atoms with Gasteiger partial charge in [-0.15, -0.1) is 0 Å². The minimum atomic E-state index is -1.37. The molecule has 0 spiro atoms. The Kier molecular flexibility index (Phi) is 18.1. The summed E-state index contributed by atoms with van der Waals surface area (Å²) in [5.41, 5.74) is -2.80. The molecular formula is C35H63NO7. The number of aliphatic carboxylic acids is 1. The maximum absolute atomic E-state index is 13.2. The van der Waals surface area contributed by atoms with E-state index in [1.54, 1.807) is 46.4 Å². The van der Waals surface area contributed by atoms with E-state index in [-0.39, 0.29) is 18.7 Å². The van der Waals surface area contributed by atoms with Crippen LogP contribution < -0.4 is 0 Å². The minimum absolute atomic E-state index is 0.0974. The Morgan fingerprint density at radius 1 is 0.558 bits per heavy atom. The molecule has 0 aliphatic carbocycles. The molecule has 0 radical (unpaired) electrons. The molecule has 0 atom stereocenters. The van der Waals surface area contributed by atoms with E-state index >= 15 is 0 Å². The van der Waals surface area contributed by atoms with Crippen LogP contribution in [0.3, 0.4) is 0 Å². The summed E-state index contributed by atoms with van der Waals surface area (Å²) in [6, 6.07) is 0. The van der Waals surface area contributed by atoms with Crippen LogP contribution in [-0.2, 0) is 28.7 Å². The fourth-order valence-electron chi connectivity index (χ4n) is 5.57. The van der Waals surface area contributed by atoms with Crippen molar-refractivity contribution in [1.29, 1.82) is 0 Å². The van der Waals surface area contributed by atoms with Crippen LogP contribution in [0.5, 0.6) is 0 Å². The Labute approximate surface area is 262 Å². The number of amides is 1. The molecule has 8 heteroatoms. The molecule has 0 aromatic heterocycles. The SMILES string of the molecule is CC(C)(C)OC(=O)C1(C(=O)OC(C)(C)C)CCN(C(=O)CCCCCCCCCCCCCCCCCCC(=O)O)CC1. The summed E-state index contributed by atoms with van der Waals surface area (Å²) in [5, 5.41) is 8.64. The molecule has 43 heavy (non-hydrogen) atoms. The van der Waals surface area contributed by atoms with Crippen LogP contribution >= 0.6 is 0 Å². The summed E-state index contributed by atoms with van der Waals surface area (Å²) < 4.78 is 11.3. The first-order valence-corrected chi connectivity index (χ1v) is 17.1. The van der Waals surface area contributed by atoms with Crippen molar-refractivity contribution in [3.05, 3.63) is 0 Å². The van der Waals surface area contributed by atoms with Crippen LogP contribution in [0.15, 0.2) is 0 Å². The lowest BCUT2D eigenvalue weighted by molar-refractivity contribution is -0.190. The summed E-state index contributed by atoms with van der Waals surface area (Å²) in [7, 11) is 0. The first-order chi connectivity index (χ1) is 20.2. The van der Waals surface area contributed by atoms with E-state index in [9.17, 15) is 19.2 Å². The summed E-state index contributed by atoms with van der Waals surface area (Å²) >= 11 is 0. The lowest BCUT2D eigenvalue weighted by Crippen LogP contribution is -2.53. The number of ether oxygens (including phenoxy) is 2. The molecule has 1 aliphatic rings. The molecular weight excluding hydrogens is 546 g/mol. The van der Waals surface area contributed by atoms with Gasteiger partial charge in [0.25, 0.3) is 0 Å². The number of carbonyl (C=O) groups excluding carboxylic acids is 3. The first kappa shape index (κ1) is 38.9. The van der Waals surface area contributed by atoms with Gasteiger partial charge in [0.15, 0.2) is 5.41 Å². The van der Waals surface area contributed by atoms with Gasteiger partial charge in [-0.2, -0.15) is 0 Å². The largest absolute Gasteiger partial charge is 0.481 e. The average molecular weight is 610 g/mol. The summed E-state index contributed by atoms with van der Waals surface area (Å²) in [6.45, 7) is 11.4. The number of likely N-dealkylation sites (tertiary alicyclic amines) is 1. The molecule has 8 nitrogen and oxygen atoms in total. The maximum atomic E-state index is 13.2. The summed E-state index contributed by atoms with van der Waals surface area (Å²) in [5.74, 6) is -1.70. The average Bonchev–Trinajstić information content (AvgIpc) is 2.90. The van der Waals surface area contributed by atoms with Crippen molar-refractivity contribution in [3.63, 3.8) is 0 Å². The molecule has 1 amide bonds. The third-order valence-electron chi connectivity index (χ3n) is 8.08. The monoisotopic (exact) mass is 609 g/mol. The Bertz CT molecular complexity index is 802. The highest BCUT2D eigenvalue weighted by Crippen LogP contribution is 2.37. The number of unbranched alkanes of at least 4 members (excludes halogenated alkanes) is 15. The molecule has 1 heterocycles. The Morgan fingerprint density at radius 3 is 1.16 bits per heavy atom. The van der Waals surface area contributed by atoms with Gasteiger partial charge in [0, 0.05) is 25.9 Å². The zero-order valence-corrected chi connectivity index (χ0v) is 28.4. The van der Waals surface area contributed by atoms with Crippen LogP contribution in [0.1, 0.15) is 170 Å². The highest BCUT2D eigenvalue weighted by Gasteiger charge is 2.53. The van der Waals surface area contributed by atoms with Gasteiger partial charge in [0.05, 0.1) is 0 Å². The second kappa shape index (κ2) is 20.0. The van der Waals surface area contributed by atoms with Crippen molar-refractivity contribution < 1.29 is 33.8 Å². The molecule has 1 saturated heterocycles. The predicted octanol–water partition coefficient (Wildman–Crippen LogP) is 8.39. The van der Waals surface area contributed by atoms with Gasteiger partial charge in [0.2, 0.25) is 5.91 Å². The van der Waals surface area contributed by atoms with Gasteiger partial charge in [-0.05, 0) is 67.2 Å². The highest BCUT2D eigenvalue weighted by atomic mass is 16.6. The number of hydrogen-bond acceptors (Lipinski definition) is 6. The number of nitrogens with zero attached hydrogens (tertiary/aromatic N) is 1. The van der Waals surface area contributed by atoms with Crippen LogP contribution in [0, 0.1) is 5.41 Å². The molecule has 1 aliphatic heterocycles. The van der Waals surface area contributed by atoms with Gasteiger partial charge < -0.3 is 19.5 Å². The predicted molar refractivity (Wildman–Crippen MR) is 171 cm³/mol. The van der Waals surface area contributed by atoms with Crippen molar-refractivity contribution >= 4 is 23.8 Å². The van der Waals surface area contributed by atoms with E-state index in [0.29, 0.717) is 25.9 Å². The molecule has 0 bridgehead atoms. The number of carbonyl (C=O) groups is 4. The molecule has 1 rings (SSSR count). The molecule has 1 N–H and O–H groups in total. The zero-order chi connectivity index (χ0) is 32.4. The Morgan fingerprint density at radius 2 is 0.860 bits per heavy atom. The van der Waals surface area contributed by atoms with E-state index in [1.807, 2.05) is 0 Å². The van der Waals surface area contributed by atoms with E-state index in [4.69, 9.17) is 14.6 Å². The maximum Gasteiger partial charge on any atom is 0.324 e. The van der Waals surface area contributed by atoms with Gasteiger partial charge in [-0.3, -0.25) is 19.2 Å². The van der Waals surface area contributed by atoms with Crippen LogP contribution in [0.4, 0.5) is 0 Å². The van der Waals surface area contributed by atoms with Crippen molar-refractivity contribution in [2.75, 3.05) is 13.1 Å². The van der Waals surface area contributed by atoms with Crippen LogP contribution in [-0.4, -0.2) is 58.1 Å². The number of carboxylic acid groups (broad SMARTS) is 1. The Balaban J connectivity index is 2.16. The quantitative estimate of drug-likeness (QED) is 0.0790. The fraction of sp³-hybridized carbons (Fsp3) is 0.886. The summed E-state index contributed by atoms with van der Waals surface area (Å²) in [4.78, 5) is 51.5. The number of hydrogen-bond donors (Lipinski definition) is 1. The van der Waals surface area contributed by atoms with Crippen molar-refractivity contribution in [1.82, 2.24) is 4.90 Å². The number of piperidine rings is 1. The first-order valence-electron chi connectivity index (χ1n) is 17.1. The van der Waals surface area contributed by atoms with Crippen molar-refractivity contribution in [2.45, 2.75) is 181 Å². The third-order valence-corrected chi connectivity index (χ3v) is 8.08. The number of esters is 2. The molecule has 1 fully saturated rings. The van der Waals surface area contributed by atoms with Crippen molar-refractivity contribution in [2.24, 2.45) is 5.41 Å². The number of carboxylic acids is 1. The van der Waals surface area contributed by atoms with Gasteiger partial charge in [-0.1, -0.05) is 89.9 Å². The van der Waals surface area contributed by atoms with E-state index in [1.165, 1.54) is 64.2 Å². The Hall–Kier alpha value is -2.12. The number of rotatable bonds is 21. The fourth-order valence-corrected chi connectivity index (χ4v) is 5.57. The topological polar surface area (TPSA) is 110 Å². The second-order valence-electron chi connectivity index (χ2n) is 14.5. The summed E-state index contributed by atoms with van der Waals surface area (Å²) in [6.07, 6.45) is 20.1. The lowest BCUT2D eigenvalue weighted by atomic mass is 9.77. The zero-order valence-electron chi connectivity index (χ0n) is 28.4. The minimum Gasteiger partial charge on any atom is -0.481 e. The standard InChI is InChI=1S/C35H63NO7/c1-33(2,3)42-31(40)35(32(41)43-34(4,5)6)25-27-36(28-26-35)29(37)23-21-19-17-15-13-11-9-7-8-10-12-14-16-18-20-22-24-30(38)39/h7-28H2,1-6H3,(H,38,39). The molecule has 0 aromatic carbocycles. The van der Waals surface area contributed by atoms with Crippen LogP contribution in [0.2, 0.25) is 0 Å². The molecule has 0 unspecified atom stereocenters. The smallest absolute Gasteiger partial charge is 0.324 e. The molecule has 0 aromatic rings. The molecule has 0 saturated carbocycles. The van der Waals surface area contributed by atoms with E-state index < -0.39 is 34.5 Å². The van der Waals surface area contributed by atoms with Gasteiger partial charge in [0.1, 0.15) is 11.2 Å². The molecule has 250 valence electrons. The second-order valence-corrected chi connectivity index (χ2v) is 14.5. The third kappa shape index (κ3) is 17.7. The van der Waals surface area contributed by atoms with E-state index in [0.717, 1.165) is 38.5 Å². The van der Waals surface area contributed by atoms with Gasteiger partial charge >= 0.3 is 17.9 Å². The lowest BCUT2D eigenvalue weighted by Gasteiger charge is -2.40. The van der Waals surface area contributed by atoms with Crippen molar-refractivity contribution in [3.8, 4) is 0 Å². The van der Waals surface area contributed by atoms with Gasteiger partial charge in [-0.25, -0.2) is 0 Å². The normalized spacial score (nSPS) is 15.3. The van der Waals surface area contributed by atoms with E-state index in [2.05, 4.69) is 0 Å².